The number of allylic oxidation sites excluding steroid dienone is 21. The van der Waals surface area contributed by atoms with Gasteiger partial charge in [0, 0.05) is 6.42 Å². The summed E-state index contributed by atoms with van der Waals surface area (Å²) >= 11 is 0. The molecule has 3 aliphatic heterocycles. The summed E-state index contributed by atoms with van der Waals surface area (Å²) in [7, 11) is 0. The van der Waals surface area contributed by atoms with Crippen LogP contribution in [0, 0.1) is 0 Å². The van der Waals surface area contributed by atoms with E-state index in [1.54, 1.807) is 12.2 Å². The van der Waals surface area contributed by atoms with Gasteiger partial charge < -0.3 is 89.9 Å². The van der Waals surface area contributed by atoms with Crippen LogP contribution in [-0.2, 0) is 33.2 Å². The van der Waals surface area contributed by atoms with E-state index < -0.39 is 131 Å². The van der Waals surface area contributed by atoms with Crippen LogP contribution in [-0.4, -0.2) is 193 Å². The van der Waals surface area contributed by atoms with Gasteiger partial charge in [0.25, 0.3) is 0 Å². The van der Waals surface area contributed by atoms with Crippen molar-refractivity contribution in [2.75, 3.05) is 26.4 Å². The van der Waals surface area contributed by atoms with E-state index in [9.17, 15) is 61.0 Å². The minimum Gasteiger partial charge on any atom is -0.394 e. The molecule has 3 aliphatic rings. The number of amides is 1. The van der Waals surface area contributed by atoms with Crippen molar-refractivity contribution in [1.82, 2.24) is 5.32 Å². The molecule has 19 nitrogen and oxygen atoms in total. The van der Waals surface area contributed by atoms with Crippen molar-refractivity contribution in [2.45, 2.75) is 234 Å². The summed E-state index contributed by atoms with van der Waals surface area (Å²) in [5, 5.41) is 120. The number of carbonyl (C=O) groups excluding carboxylic acids is 1. The van der Waals surface area contributed by atoms with Crippen molar-refractivity contribution in [2.24, 2.45) is 0 Å². The van der Waals surface area contributed by atoms with Gasteiger partial charge in [0.1, 0.15) is 73.2 Å². The normalized spacial score (nSPS) is 30.3. The lowest BCUT2D eigenvalue weighted by Crippen LogP contribution is -2.66. The maximum absolute atomic E-state index is 13.2. The van der Waals surface area contributed by atoms with E-state index >= 15 is 0 Å². The largest absolute Gasteiger partial charge is 0.394 e. The van der Waals surface area contributed by atoms with Crippen molar-refractivity contribution < 1.29 is 89.4 Å². The average molecular weight is 1170 g/mol. The Morgan fingerprint density at radius 1 is 0.446 bits per heavy atom. The van der Waals surface area contributed by atoms with Crippen LogP contribution >= 0.6 is 0 Å². The molecule has 3 heterocycles. The maximum atomic E-state index is 13.2. The number of ether oxygens (including phenoxy) is 6. The first-order chi connectivity index (χ1) is 40.3. The molecular formula is C64H101NO18. The molecule has 12 N–H and O–H groups in total. The fraction of sp³-hybridized carbons (Fsp3) is 0.641. The molecule has 0 aromatic heterocycles. The van der Waals surface area contributed by atoms with E-state index in [-0.39, 0.29) is 12.3 Å². The van der Waals surface area contributed by atoms with E-state index in [0.29, 0.717) is 12.8 Å². The first kappa shape index (κ1) is 73.2. The van der Waals surface area contributed by atoms with Crippen LogP contribution in [0.15, 0.2) is 134 Å². The molecule has 3 rings (SSSR count). The predicted octanol–water partition coefficient (Wildman–Crippen LogP) is 5.48. The Labute approximate surface area is 492 Å². The highest BCUT2D eigenvalue weighted by Crippen LogP contribution is 2.33. The van der Waals surface area contributed by atoms with Crippen LogP contribution in [0.3, 0.4) is 0 Å². The zero-order chi connectivity index (χ0) is 60.5. The second-order valence-corrected chi connectivity index (χ2v) is 20.7. The van der Waals surface area contributed by atoms with Gasteiger partial charge in [-0.15, -0.1) is 0 Å². The van der Waals surface area contributed by atoms with Crippen molar-refractivity contribution >= 4 is 5.91 Å². The lowest BCUT2D eigenvalue weighted by atomic mass is 9.96. The number of hydrogen-bond acceptors (Lipinski definition) is 18. The summed E-state index contributed by atoms with van der Waals surface area (Å²) in [6, 6.07) is -1.02. The summed E-state index contributed by atoms with van der Waals surface area (Å²) in [5.41, 5.74) is 0. The second kappa shape index (κ2) is 45.3. The summed E-state index contributed by atoms with van der Waals surface area (Å²) in [5.74, 6) is -0.331. The Morgan fingerprint density at radius 3 is 1.31 bits per heavy atom. The van der Waals surface area contributed by atoms with Gasteiger partial charge in [-0.25, -0.2) is 0 Å². The Hall–Kier alpha value is -4.07. The van der Waals surface area contributed by atoms with Gasteiger partial charge >= 0.3 is 0 Å². The van der Waals surface area contributed by atoms with Crippen molar-refractivity contribution in [3.63, 3.8) is 0 Å². The van der Waals surface area contributed by atoms with Gasteiger partial charge in [-0.3, -0.25) is 4.79 Å². The molecule has 19 heteroatoms. The summed E-state index contributed by atoms with van der Waals surface area (Å²) < 4.78 is 34.0. The maximum Gasteiger partial charge on any atom is 0.220 e. The highest BCUT2D eigenvalue weighted by molar-refractivity contribution is 5.76. The zero-order valence-electron chi connectivity index (χ0n) is 48.9. The second-order valence-electron chi connectivity index (χ2n) is 20.7. The molecule has 1 amide bonds. The summed E-state index contributed by atoms with van der Waals surface area (Å²) in [4.78, 5) is 13.2. The lowest BCUT2D eigenvalue weighted by molar-refractivity contribution is -0.379. The molecule has 0 saturated carbocycles. The number of nitrogens with one attached hydrogen (secondary N) is 1. The van der Waals surface area contributed by atoms with Gasteiger partial charge in [-0.1, -0.05) is 160 Å². The molecular weight excluding hydrogens is 1070 g/mol. The van der Waals surface area contributed by atoms with Crippen LogP contribution in [0.4, 0.5) is 0 Å². The van der Waals surface area contributed by atoms with Crippen molar-refractivity contribution in [3.8, 4) is 0 Å². The Balaban J connectivity index is 1.40. The number of aliphatic hydroxyl groups excluding tert-OH is 11. The van der Waals surface area contributed by atoms with Crippen LogP contribution in [0.25, 0.3) is 0 Å². The Kier molecular flexibility index (Phi) is 39.9. The SMILES string of the molecule is CC/C=C\C/C=C\C/C=C\C/C=C\C/C=C\C/C=C\C/C=C\C/C=C\C/C=C\CCCCCC(=O)NC(COC1OC(CO)C(OC2OC(CO)C(OC3OC(CO)C(O)C(O)C3O)C(O)C2O)C(O)C1O)C(O)/C=C/CC/C=C/CCC. The average Bonchev–Trinajstić information content (AvgIpc) is 3.69. The molecule has 0 radical (unpaired) electrons. The molecule has 0 aromatic rings. The third kappa shape index (κ3) is 28.8. The highest BCUT2D eigenvalue weighted by Gasteiger charge is 2.53. The molecule has 3 saturated heterocycles. The number of hydrogen-bond donors (Lipinski definition) is 12. The number of rotatable bonds is 41. The minimum absolute atomic E-state index is 0.184. The van der Waals surface area contributed by atoms with Crippen molar-refractivity contribution in [1.29, 1.82) is 0 Å². The first-order valence-corrected chi connectivity index (χ1v) is 29.9. The van der Waals surface area contributed by atoms with E-state index in [0.717, 1.165) is 96.3 Å². The van der Waals surface area contributed by atoms with Crippen LogP contribution in [0.5, 0.6) is 0 Å². The zero-order valence-corrected chi connectivity index (χ0v) is 48.9. The van der Waals surface area contributed by atoms with E-state index in [2.05, 4.69) is 141 Å². The smallest absolute Gasteiger partial charge is 0.220 e. The number of aliphatic hydroxyl groups is 11. The van der Waals surface area contributed by atoms with Crippen LogP contribution < -0.4 is 5.32 Å². The Morgan fingerprint density at radius 2 is 0.843 bits per heavy atom. The van der Waals surface area contributed by atoms with Gasteiger partial charge in [0.05, 0.1) is 38.6 Å². The standard InChI is InChI=1S/C64H101NO18/c1-3-5-7-9-11-12-13-14-15-16-17-18-19-20-21-22-23-24-25-26-27-28-29-30-31-32-33-34-36-38-40-42-52(70)65-47(48(69)41-39-37-35-10-8-6-4-2)46-78-62-58(76)55(73)60(50(44-67)80-62)83-64-59(77)56(74)61(51(45-68)81-64)82-63-57(75)54(72)53(71)49(43-66)79-63/h5,7-8,10-12,14-15,17-18,20-21,23-24,26-27,29-30,32-33,39,41,47-51,53-64,66-69,71-77H,3-4,6,9,13,16,19,22,25,28,31,34-38,40,42-46H2,1-2H3,(H,65,70)/b7-5-,10-8+,12-11-,15-14-,18-17-,21-20-,24-23-,27-26-,30-29-,33-32-,41-39+. The summed E-state index contributed by atoms with van der Waals surface area (Å²) in [6.45, 7) is 1.39. The molecule has 0 aliphatic carbocycles. The molecule has 470 valence electrons. The third-order valence-electron chi connectivity index (χ3n) is 13.9. The Bertz CT molecular complexity index is 2030. The molecule has 0 bridgehead atoms. The molecule has 17 unspecified atom stereocenters. The molecule has 0 spiro atoms. The third-order valence-corrected chi connectivity index (χ3v) is 13.9. The lowest BCUT2D eigenvalue weighted by Gasteiger charge is -2.48. The van der Waals surface area contributed by atoms with E-state index in [1.807, 2.05) is 0 Å². The van der Waals surface area contributed by atoms with Gasteiger partial charge in [0.15, 0.2) is 18.9 Å². The quantitative estimate of drug-likeness (QED) is 0.0267. The van der Waals surface area contributed by atoms with E-state index in [1.165, 1.54) is 0 Å². The first-order valence-electron chi connectivity index (χ1n) is 29.9. The topological polar surface area (TPSA) is 307 Å². The minimum atomic E-state index is -1.99. The fourth-order valence-corrected chi connectivity index (χ4v) is 9.03. The highest BCUT2D eigenvalue weighted by atomic mass is 16.8. The van der Waals surface area contributed by atoms with Gasteiger partial charge in [-0.2, -0.15) is 0 Å². The van der Waals surface area contributed by atoms with Gasteiger partial charge in [-0.05, 0) is 96.3 Å². The monoisotopic (exact) mass is 1170 g/mol. The summed E-state index contributed by atoms with van der Waals surface area (Å²) in [6.07, 6.45) is 34.9. The number of carbonyl (C=O) groups is 1. The van der Waals surface area contributed by atoms with Crippen LogP contribution in [0.2, 0.25) is 0 Å². The molecule has 83 heavy (non-hydrogen) atoms. The van der Waals surface area contributed by atoms with Crippen LogP contribution in [0.1, 0.15) is 129 Å². The van der Waals surface area contributed by atoms with E-state index in [4.69, 9.17) is 28.4 Å². The predicted molar refractivity (Wildman–Crippen MR) is 318 cm³/mol. The molecule has 17 atom stereocenters. The van der Waals surface area contributed by atoms with Crippen molar-refractivity contribution in [3.05, 3.63) is 134 Å². The number of unbranched alkanes of at least 4 members (excludes halogenated alkanes) is 5. The fourth-order valence-electron chi connectivity index (χ4n) is 9.03. The molecule has 3 fully saturated rings. The molecule has 0 aromatic carbocycles. The van der Waals surface area contributed by atoms with Gasteiger partial charge in [0.2, 0.25) is 5.91 Å².